The Kier molecular flexibility index (Phi) is 8.07. The van der Waals surface area contributed by atoms with E-state index in [1.54, 1.807) is 0 Å². The zero-order valence-corrected chi connectivity index (χ0v) is 21.8. The van der Waals surface area contributed by atoms with Crippen LogP contribution in [0.25, 0.3) is 6.08 Å². The molecule has 2 amide bonds. The van der Waals surface area contributed by atoms with Crippen molar-refractivity contribution < 1.29 is 29.5 Å². The maximum Gasteiger partial charge on any atom is 0.455 e. The van der Waals surface area contributed by atoms with Gasteiger partial charge >= 0.3 is 7.12 Å². The van der Waals surface area contributed by atoms with Crippen LogP contribution in [-0.2, 0) is 14.2 Å². The van der Waals surface area contributed by atoms with E-state index in [1.165, 1.54) is 10.5 Å². The van der Waals surface area contributed by atoms with Crippen LogP contribution in [0.15, 0.2) is 28.9 Å². The zero-order chi connectivity index (χ0) is 26.1. The number of likely N-dealkylation sites (tertiary alicyclic amines) is 1. The first-order valence-electron chi connectivity index (χ1n) is 13.2. The Morgan fingerprint density at radius 1 is 1.17 bits per heavy atom. The summed E-state index contributed by atoms with van der Waals surface area (Å²) in [4.78, 5) is 27.7. The summed E-state index contributed by atoms with van der Waals surface area (Å²) in [7, 11) is -1.01. The molecule has 194 valence electrons. The van der Waals surface area contributed by atoms with Gasteiger partial charge in [-0.25, -0.2) is 0 Å². The van der Waals surface area contributed by atoms with Crippen molar-refractivity contribution in [2.45, 2.75) is 72.2 Å². The number of nitrogens with zero attached hydrogens (tertiary/aromatic N) is 1. The van der Waals surface area contributed by atoms with Crippen LogP contribution in [0, 0.1) is 31.6 Å². The van der Waals surface area contributed by atoms with E-state index in [0.29, 0.717) is 31.6 Å². The average molecular weight is 495 g/mol. The highest BCUT2D eigenvalue weighted by molar-refractivity contribution is 6.43. The number of amides is 2. The Bertz CT molecular complexity index is 1070. The molecule has 4 atom stereocenters. The number of hydrogen-bond acceptors (Lipinski definition) is 6. The van der Waals surface area contributed by atoms with Gasteiger partial charge in [-0.05, 0) is 98.2 Å². The van der Waals surface area contributed by atoms with Gasteiger partial charge in [-0.1, -0.05) is 25.5 Å². The van der Waals surface area contributed by atoms with Crippen LogP contribution in [0.3, 0.4) is 0 Å². The van der Waals surface area contributed by atoms with Gasteiger partial charge in [0.25, 0.3) is 0 Å². The number of aromatic hydroxyl groups is 1. The van der Waals surface area contributed by atoms with Gasteiger partial charge in [0.05, 0.1) is 24.5 Å². The number of aliphatic hydroxyl groups is 1. The number of allylic oxidation sites excluding steroid dienone is 1. The van der Waals surface area contributed by atoms with Crippen LogP contribution in [0.4, 0.5) is 0 Å². The van der Waals surface area contributed by atoms with Crippen molar-refractivity contribution in [1.82, 2.24) is 4.90 Å². The standard InChI is InChI=1S/C28H38BNO6/c1-5-9-30-27(33)21-13-20(15-31)24-22(25(21)28(30)34)14-29(35)36-23(24)8-7-18(6-2)12-19-10-16(3)26(32)17(4)11-19/h10-12,21-23,25,31-32,35H,5-9,13-15H2,1-4H3/b18-12+/t21-,22+,23-,25-/m1/s1. The second kappa shape index (κ2) is 10.9. The van der Waals surface area contributed by atoms with Gasteiger partial charge in [-0.2, -0.15) is 0 Å². The molecule has 0 aromatic heterocycles. The molecular weight excluding hydrogens is 457 g/mol. The summed E-state index contributed by atoms with van der Waals surface area (Å²) in [6.07, 6.45) is 5.24. The maximum atomic E-state index is 13.3. The normalized spacial score (nSPS) is 26.6. The lowest BCUT2D eigenvalue weighted by atomic mass is 9.58. The molecule has 2 fully saturated rings. The highest BCUT2D eigenvalue weighted by Gasteiger charge is 2.56. The Morgan fingerprint density at radius 3 is 2.47 bits per heavy atom. The highest BCUT2D eigenvalue weighted by atomic mass is 16.5. The summed E-state index contributed by atoms with van der Waals surface area (Å²) >= 11 is 0. The van der Waals surface area contributed by atoms with E-state index in [0.717, 1.165) is 40.7 Å². The van der Waals surface area contributed by atoms with E-state index in [-0.39, 0.29) is 30.7 Å². The molecule has 3 N–H and O–H groups in total. The number of phenolic OH excluding ortho intramolecular Hbond substituents is 1. The smallest absolute Gasteiger partial charge is 0.455 e. The molecule has 0 spiro atoms. The summed E-state index contributed by atoms with van der Waals surface area (Å²) in [6.45, 7) is 8.05. The van der Waals surface area contributed by atoms with Crippen molar-refractivity contribution in [2.75, 3.05) is 13.2 Å². The number of carbonyl (C=O) groups excluding carboxylic acids is 2. The van der Waals surface area contributed by atoms with Gasteiger partial charge in [-0.3, -0.25) is 14.5 Å². The Labute approximate surface area is 214 Å². The minimum absolute atomic E-state index is 0.147. The summed E-state index contributed by atoms with van der Waals surface area (Å²) in [6, 6.07) is 3.93. The lowest BCUT2D eigenvalue weighted by Gasteiger charge is -2.43. The predicted molar refractivity (Wildman–Crippen MR) is 139 cm³/mol. The molecule has 0 unspecified atom stereocenters. The minimum Gasteiger partial charge on any atom is -0.507 e. The quantitative estimate of drug-likeness (QED) is 0.288. The average Bonchev–Trinajstić information content (AvgIpc) is 3.09. The van der Waals surface area contributed by atoms with Crippen LogP contribution in [0.2, 0.25) is 6.32 Å². The Balaban J connectivity index is 1.59. The van der Waals surface area contributed by atoms with Crippen molar-refractivity contribution in [1.29, 1.82) is 0 Å². The molecule has 8 heteroatoms. The minimum atomic E-state index is -1.01. The molecule has 0 bridgehead atoms. The molecule has 7 nitrogen and oxygen atoms in total. The van der Waals surface area contributed by atoms with Gasteiger partial charge in [-0.15, -0.1) is 0 Å². The van der Waals surface area contributed by atoms with Crippen molar-refractivity contribution >= 4 is 25.0 Å². The number of aryl methyl sites for hydroxylation is 2. The largest absolute Gasteiger partial charge is 0.507 e. The lowest BCUT2D eigenvalue weighted by molar-refractivity contribution is -0.140. The Morgan fingerprint density at radius 2 is 1.86 bits per heavy atom. The number of phenols is 1. The van der Waals surface area contributed by atoms with E-state index >= 15 is 0 Å². The van der Waals surface area contributed by atoms with Crippen molar-refractivity contribution in [2.24, 2.45) is 17.8 Å². The Hall–Kier alpha value is -2.42. The third-order valence-electron chi connectivity index (χ3n) is 8.10. The van der Waals surface area contributed by atoms with Crippen LogP contribution in [-0.4, -0.2) is 58.3 Å². The fraction of sp³-hybridized carbons (Fsp3) is 0.571. The van der Waals surface area contributed by atoms with Crippen LogP contribution in [0.1, 0.15) is 62.6 Å². The molecule has 1 aromatic carbocycles. The van der Waals surface area contributed by atoms with E-state index < -0.39 is 25.1 Å². The van der Waals surface area contributed by atoms with Crippen molar-refractivity contribution in [3.63, 3.8) is 0 Å². The molecular formula is C28H38BNO6. The fourth-order valence-corrected chi connectivity index (χ4v) is 6.40. The maximum absolute atomic E-state index is 13.3. The number of imide groups is 1. The molecule has 1 aliphatic carbocycles. The van der Waals surface area contributed by atoms with Gasteiger partial charge < -0.3 is 19.9 Å². The van der Waals surface area contributed by atoms with Gasteiger partial charge in [0.15, 0.2) is 0 Å². The molecule has 2 heterocycles. The first-order chi connectivity index (χ1) is 17.2. The number of aliphatic hydroxyl groups excluding tert-OH is 1. The summed E-state index contributed by atoms with van der Waals surface area (Å²) in [5.41, 5.74) is 5.60. The van der Waals surface area contributed by atoms with Crippen LogP contribution in [0.5, 0.6) is 5.75 Å². The first kappa shape index (κ1) is 26.6. The second-order valence-corrected chi connectivity index (χ2v) is 10.5. The topological polar surface area (TPSA) is 107 Å². The van der Waals surface area contributed by atoms with Gasteiger partial charge in [0.2, 0.25) is 11.8 Å². The van der Waals surface area contributed by atoms with E-state index in [2.05, 4.69) is 13.0 Å². The van der Waals surface area contributed by atoms with Crippen molar-refractivity contribution in [3.8, 4) is 5.75 Å². The highest BCUT2D eigenvalue weighted by Crippen LogP contribution is 2.50. The predicted octanol–water partition coefficient (Wildman–Crippen LogP) is 3.78. The summed E-state index contributed by atoms with van der Waals surface area (Å²) in [5.74, 6) is -1.22. The molecule has 3 aliphatic rings. The van der Waals surface area contributed by atoms with Gasteiger partial charge in [0, 0.05) is 6.54 Å². The number of benzene rings is 1. The first-order valence-corrected chi connectivity index (χ1v) is 13.2. The number of rotatable bonds is 8. The second-order valence-electron chi connectivity index (χ2n) is 10.5. The fourth-order valence-electron chi connectivity index (χ4n) is 6.40. The molecule has 2 aliphatic heterocycles. The monoisotopic (exact) mass is 495 g/mol. The lowest BCUT2D eigenvalue weighted by Crippen LogP contribution is -2.46. The molecule has 1 aromatic rings. The molecule has 2 saturated heterocycles. The number of fused-ring (bicyclic) bond motifs is 3. The van der Waals surface area contributed by atoms with Gasteiger partial charge in [0.1, 0.15) is 5.75 Å². The third-order valence-corrected chi connectivity index (χ3v) is 8.10. The molecule has 36 heavy (non-hydrogen) atoms. The zero-order valence-electron chi connectivity index (χ0n) is 21.8. The third kappa shape index (κ3) is 4.91. The molecule has 0 radical (unpaired) electrons. The number of carbonyl (C=O) groups is 2. The SMILES string of the molecule is CCCN1C(=O)[C@@H]2[C@@H](CC(CO)=C3[C@@H](CC/C(=C/c4cc(C)c(O)c(C)c4)CC)OB(O)C[C@@H]32)C1=O. The summed E-state index contributed by atoms with van der Waals surface area (Å²) in [5, 5.41) is 30.9. The molecule has 4 rings (SSSR count). The summed E-state index contributed by atoms with van der Waals surface area (Å²) < 4.78 is 5.99. The van der Waals surface area contributed by atoms with Crippen LogP contribution >= 0.6 is 0 Å². The van der Waals surface area contributed by atoms with Crippen molar-refractivity contribution in [3.05, 3.63) is 45.5 Å². The van der Waals surface area contributed by atoms with E-state index in [9.17, 15) is 24.8 Å². The molecule has 0 saturated carbocycles. The number of hydrogen-bond donors (Lipinski definition) is 3. The van der Waals surface area contributed by atoms with E-state index in [1.807, 2.05) is 32.9 Å². The van der Waals surface area contributed by atoms with E-state index in [4.69, 9.17) is 4.65 Å². The van der Waals surface area contributed by atoms with Crippen LogP contribution < -0.4 is 0 Å².